The van der Waals surface area contributed by atoms with Gasteiger partial charge in [-0.15, -0.1) is 4.59 Å². The van der Waals surface area contributed by atoms with Crippen molar-refractivity contribution in [1.82, 2.24) is 9.88 Å². The molecular weight excluding hydrogens is 515 g/mol. The SMILES string of the molecule is CC1CCC(C2=C3C=NC=C[N+]3(N)C(c3ccc(C(=O)Nc4cc(C(F)(F)F)ccn4)cc3)=N2)CN1C(=O)[O-]. The minimum atomic E-state index is -4.56. The van der Waals surface area contributed by atoms with E-state index in [2.05, 4.69) is 15.3 Å². The zero-order valence-electron chi connectivity index (χ0n) is 20.7. The van der Waals surface area contributed by atoms with E-state index >= 15 is 0 Å². The number of piperidine rings is 1. The second-order valence-electron chi connectivity index (χ2n) is 9.56. The van der Waals surface area contributed by atoms with Crippen LogP contribution in [0.25, 0.3) is 0 Å². The van der Waals surface area contributed by atoms with Gasteiger partial charge in [-0.1, -0.05) is 0 Å². The molecule has 0 radical (unpaired) electrons. The molecule has 1 aromatic heterocycles. The molecule has 202 valence electrons. The van der Waals surface area contributed by atoms with Crippen LogP contribution in [0.2, 0.25) is 0 Å². The average Bonchev–Trinajstić information content (AvgIpc) is 3.21. The Bertz CT molecular complexity index is 1450. The van der Waals surface area contributed by atoms with Crippen molar-refractivity contribution in [2.24, 2.45) is 21.7 Å². The number of anilines is 1. The van der Waals surface area contributed by atoms with Crippen LogP contribution in [-0.2, 0) is 6.18 Å². The third-order valence-corrected chi connectivity index (χ3v) is 7.06. The Morgan fingerprint density at radius 3 is 2.62 bits per heavy atom. The highest BCUT2D eigenvalue weighted by atomic mass is 19.4. The number of rotatable bonds is 4. The van der Waals surface area contributed by atoms with E-state index in [1.807, 2.05) is 6.92 Å². The summed E-state index contributed by atoms with van der Waals surface area (Å²) in [6.07, 6.45) is 1.33. The van der Waals surface area contributed by atoms with Gasteiger partial charge in [-0.25, -0.2) is 4.98 Å². The highest BCUT2D eigenvalue weighted by molar-refractivity contribution is 6.05. The lowest BCUT2D eigenvalue weighted by atomic mass is 9.90. The standard InChI is InChI=1S/C26H24F3N7O3/c1-15-2-3-18(14-35(15)25(38)39)22-20-13-31-10-11-36(20,30)23(34-22)16-4-6-17(7-5-16)24(37)33-21-12-19(8-9-32-21)26(27,28)29/h4-13,15,18H,2-3,14,30H2,1H3,(H-,32,33,37,38,39). The number of nitrogens with zero attached hydrogens (tertiary/aromatic N) is 5. The Morgan fingerprint density at radius 2 is 1.92 bits per heavy atom. The maximum atomic E-state index is 13.0. The number of halogens is 3. The van der Waals surface area contributed by atoms with Gasteiger partial charge < -0.3 is 20.1 Å². The Balaban J connectivity index is 1.39. The van der Waals surface area contributed by atoms with Gasteiger partial charge in [0.2, 0.25) is 5.70 Å². The smallest absolute Gasteiger partial charge is 0.416 e. The highest BCUT2D eigenvalue weighted by Gasteiger charge is 2.46. The molecule has 5 rings (SSSR count). The molecule has 4 heterocycles. The number of alkyl halides is 3. The molecule has 1 aromatic carbocycles. The molecule has 0 bridgehead atoms. The molecular formula is C26H24F3N7O3. The van der Waals surface area contributed by atoms with Crippen LogP contribution in [-0.4, -0.2) is 51.1 Å². The molecule has 1 fully saturated rings. The first-order valence-corrected chi connectivity index (χ1v) is 12.1. The van der Waals surface area contributed by atoms with Gasteiger partial charge in [0.1, 0.15) is 23.8 Å². The summed E-state index contributed by atoms with van der Waals surface area (Å²) in [5, 5.41) is 14.0. The van der Waals surface area contributed by atoms with E-state index in [4.69, 9.17) is 10.8 Å². The first-order valence-electron chi connectivity index (χ1n) is 12.1. The molecule has 3 unspecified atom stereocenters. The van der Waals surface area contributed by atoms with Crippen LogP contribution >= 0.6 is 0 Å². The number of likely N-dealkylation sites (tertiary alicyclic amines) is 1. The lowest BCUT2D eigenvalue weighted by Gasteiger charge is -2.39. The maximum Gasteiger partial charge on any atom is 0.416 e. The number of quaternary nitrogens is 1. The summed E-state index contributed by atoms with van der Waals surface area (Å²) in [6.45, 7) is 2.06. The number of nitrogens with two attached hydrogens (primary N) is 1. The van der Waals surface area contributed by atoms with Crippen molar-refractivity contribution >= 4 is 29.9 Å². The number of amides is 2. The number of benzene rings is 1. The second kappa shape index (κ2) is 9.75. The molecule has 10 nitrogen and oxygen atoms in total. The zero-order valence-corrected chi connectivity index (χ0v) is 20.7. The van der Waals surface area contributed by atoms with E-state index in [-0.39, 0.29) is 34.5 Å². The van der Waals surface area contributed by atoms with Crippen molar-refractivity contribution < 1.29 is 32.5 Å². The highest BCUT2D eigenvalue weighted by Crippen LogP contribution is 2.38. The maximum absolute atomic E-state index is 13.0. The number of carbonyl (C=O) groups excluding carboxylic acids is 2. The van der Waals surface area contributed by atoms with Gasteiger partial charge in [0.05, 0.1) is 23.5 Å². The van der Waals surface area contributed by atoms with Crippen LogP contribution < -0.4 is 16.3 Å². The summed E-state index contributed by atoms with van der Waals surface area (Å²) in [5.41, 5.74) is 1.11. The van der Waals surface area contributed by atoms with Gasteiger partial charge in [-0.2, -0.15) is 24.0 Å². The molecule has 39 heavy (non-hydrogen) atoms. The largest absolute Gasteiger partial charge is 0.530 e. The van der Waals surface area contributed by atoms with Gasteiger partial charge in [0, 0.05) is 30.3 Å². The lowest BCUT2D eigenvalue weighted by molar-refractivity contribution is -0.750. The Morgan fingerprint density at radius 1 is 1.18 bits per heavy atom. The number of aliphatic imine (C=N–C) groups is 2. The number of allylic oxidation sites excluding steroid dienone is 1. The van der Waals surface area contributed by atoms with Crippen LogP contribution in [0.3, 0.4) is 0 Å². The summed E-state index contributed by atoms with van der Waals surface area (Å²) in [7, 11) is 0. The van der Waals surface area contributed by atoms with E-state index in [0.29, 0.717) is 35.6 Å². The van der Waals surface area contributed by atoms with Crippen molar-refractivity contribution in [3.8, 4) is 0 Å². The molecule has 0 saturated carbocycles. The Hall–Kier alpha value is -4.36. The number of hydrogen-bond acceptors (Lipinski definition) is 7. The molecule has 13 heteroatoms. The summed E-state index contributed by atoms with van der Waals surface area (Å²) in [4.78, 5) is 38.4. The van der Waals surface area contributed by atoms with E-state index in [1.165, 1.54) is 17.0 Å². The predicted molar refractivity (Wildman–Crippen MR) is 134 cm³/mol. The molecule has 2 amide bonds. The first-order chi connectivity index (χ1) is 18.5. The van der Waals surface area contributed by atoms with Gasteiger partial charge in [0.15, 0.2) is 0 Å². The van der Waals surface area contributed by atoms with Gasteiger partial charge in [-0.05, 0) is 56.2 Å². The fraction of sp³-hybridized carbons (Fsp3) is 0.269. The summed E-state index contributed by atoms with van der Waals surface area (Å²) in [6, 6.07) is 7.70. The molecule has 3 aliphatic rings. The number of fused-ring (bicyclic) bond motifs is 1. The van der Waals surface area contributed by atoms with E-state index in [1.54, 1.807) is 30.7 Å². The molecule has 1 saturated heterocycles. The number of carbonyl (C=O) groups is 2. The van der Waals surface area contributed by atoms with E-state index < -0.39 is 23.7 Å². The number of nitrogens with one attached hydrogen (secondary N) is 1. The van der Waals surface area contributed by atoms with Crippen molar-refractivity contribution in [2.45, 2.75) is 32.0 Å². The summed E-state index contributed by atoms with van der Waals surface area (Å²) < 4.78 is 38.6. The van der Waals surface area contributed by atoms with Crippen molar-refractivity contribution in [3.05, 3.63) is 83.1 Å². The molecule has 3 N–H and O–H groups in total. The Labute approximate surface area is 221 Å². The van der Waals surface area contributed by atoms with Gasteiger partial charge in [0.25, 0.3) is 11.7 Å². The number of carboxylic acid groups (broad SMARTS) is 1. The van der Waals surface area contributed by atoms with Crippen LogP contribution in [0.5, 0.6) is 0 Å². The fourth-order valence-corrected chi connectivity index (χ4v) is 4.93. The van der Waals surface area contributed by atoms with Crippen LogP contribution in [0, 0.1) is 5.92 Å². The fourth-order valence-electron chi connectivity index (χ4n) is 4.93. The second-order valence-corrected chi connectivity index (χ2v) is 9.56. The molecule has 0 spiro atoms. The number of hydrogen-bond donors (Lipinski definition) is 2. The van der Waals surface area contributed by atoms with Crippen molar-refractivity contribution in [1.29, 1.82) is 0 Å². The topological polar surface area (TPSA) is 136 Å². The molecule has 3 aliphatic heterocycles. The van der Waals surface area contributed by atoms with Gasteiger partial charge >= 0.3 is 6.18 Å². The van der Waals surface area contributed by atoms with Crippen LogP contribution in [0.4, 0.5) is 23.8 Å². The van der Waals surface area contributed by atoms with E-state index in [9.17, 15) is 27.9 Å². The predicted octanol–water partition coefficient (Wildman–Crippen LogP) is 3.01. The number of aromatic nitrogens is 1. The summed E-state index contributed by atoms with van der Waals surface area (Å²) >= 11 is 0. The minimum absolute atomic E-state index is 0.163. The Kier molecular flexibility index (Phi) is 6.56. The zero-order chi connectivity index (χ0) is 27.9. The number of pyridine rings is 1. The molecule has 2 aromatic rings. The third kappa shape index (κ3) is 4.93. The third-order valence-electron chi connectivity index (χ3n) is 7.06. The number of amidine groups is 1. The molecule has 3 atom stereocenters. The lowest BCUT2D eigenvalue weighted by Crippen LogP contribution is -2.53. The van der Waals surface area contributed by atoms with Crippen LogP contribution in [0.1, 0.15) is 41.3 Å². The minimum Gasteiger partial charge on any atom is -0.530 e. The first kappa shape index (κ1) is 26.3. The monoisotopic (exact) mass is 539 g/mol. The quantitative estimate of drug-likeness (QED) is 0.455. The van der Waals surface area contributed by atoms with Crippen molar-refractivity contribution in [3.63, 3.8) is 0 Å². The molecule has 0 aliphatic carbocycles. The van der Waals surface area contributed by atoms with Crippen LogP contribution in [0.15, 0.2) is 76.4 Å². The van der Waals surface area contributed by atoms with Gasteiger partial charge in [-0.3, -0.25) is 9.79 Å². The van der Waals surface area contributed by atoms with E-state index in [0.717, 1.165) is 18.3 Å². The average molecular weight is 540 g/mol. The summed E-state index contributed by atoms with van der Waals surface area (Å²) in [5.74, 6) is 6.13. The van der Waals surface area contributed by atoms with Crippen molar-refractivity contribution in [2.75, 3.05) is 11.9 Å². The normalized spacial score (nSPS) is 24.4.